The average molecular weight is 231 g/mol. The molecule has 5 heteroatoms. The maximum atomic E-state index is 10.6. The number of carboxylic acids is 1. The van der Waals surface area contributed by atoms with Crippen LogP contribution >= 0.6 is 23.1 Å². The van der Waals surface area contributed by atoms with Crippen LogP contribution in [-0.2, 0) is 5.75 Å². The zero-order chi connectivity index (χ0) is 10.6. The van der Waals surface area contributed by atoms with Gasteiger partial charge in [0, 0.05) is 11.0 Å². The summed E-state index contributed by atoms with van der Waals surface area (Å²) in [6.45, 7) is 4.30. The van der Waals surface area contributed by atoms with Gasteiger partial charge in [0.1, 0.15) is 9.88 Å². The quantitative estimate of drug-likeness (QED) is 0.846. The molecule has 1 aromatic rings. The second-order valence-corrected chi connectivity index (χ2v) is 5.50. The molecule has 0 aliphatic heterocycles. The molecule has 1 aromatic heterocycles. The van der Waals surface area contributed by atoms with Gasteiger partial charge in [0.05, 0.1) is 6.20 Å². The summed E-state index contributed by atoms with van der Waals surface area (Å²) in [6, 6.07) is 0. The highest BCUT2D eigenvalue weighted by molar-refractivity contribution is 7.99. The largest absolute Gasteiger partial charge is 0.477 e. The molecule has 1 N–H and O–H groups in total. The van der Waals surface area contributed by atoms with E-state index in [1.807, 2.05) is 11.8 Å². The molecule has 0 spiro atoms. The first kappa shape index (κ1) is 11.5. The van der Waals surface area contributed by atoms with Crippen LogP contribution in [0.5, 0.6) is 0 Å². The molecule has 0 saturated carbocycles. The maximum Gasteiger partial charge on any atom is 0.347 e. The number of thioether (sulfide) groups is 1. The SMILES string of the molecule is CCC(C)SCc1ncc(C(=O)O)s1. The number of nitrogens with zero attached hydrogens (tertiary/aromatic N) is 1. The zero-order valence-electron chi connectivity index (χ0n) is 8.19. The van der Waals surface area contributed by atoms with Crippen molar-refractivity contribution in [1.29, 1.82) is 0 Å². The van der Waals surface area contributed by atoms with E-state index in [0.29, 0.717) is 10.1 Å². The number of aromatic carboxylic acids is 1. The van der Waals surface area contributed by atoms with Crippen LogP contribution in [-0.4, -0.2) is 21.3 Å². The molecule has 1 atom stereocenters. The molecule has 1 rings (SSSR count). The van der Waals surface area contributed by atoms with Crippen molar-refractivity contribution in [2.24, 2.45) is 0 Å². The van der Waals surface area contributed by atoms with Crippen molar-refractivity contribution >= 4 is 29.1 Å². The van der Waals surface area contributed by atoms with E-state index in [2.05, 4.69) is 18.8 Å². The Morgan fingerprint density at radius 1 is 1.79 bits per heavy atom. The summed E-state index contributed by atoms with van der Waals surface area (Å²) < 4.78 is 0. The van der Waals surface area contributed by atoms with Crippen molar-refractivity contribution in [1.82, 2.24) is 4.98 Å². The van der Waals surface area contributed by atoms with Gasteiger partial charge in [0.25, 0.3) is 0 Å². The predicted molar refractivity (Wildman–Crippen MR) is 60.1 cm³/mol. The first-order chi connectivity index (χ1) is 6.63. The molecule has 0 fully saturated rings. The molecular weight excluding hydrogens is 218 g/mol. The summed E-state index contributed by atoms with van der Waals surface area (Å²) in [5.74, 6) is -0.0743. The molecule has 0 aromatic carbocycles. The fraction of sp³-hybridized carbons (Fsp3) is 0.556. The summed E-state index contributed by atoms with van der Waals surface area (Å²) >= 11 is 3.07. The number of carbonyl (C=O) groups is 1. The van der Waals surface area contributed by atoms with E-state index >= 15 is 0 Å². The van der Waals surface area contributed by atoms with E-state index in [9.17, 15) is 4.79 Å². The van der Waals surface area contributed by atoms with Crippen molar-refractivity contribution in [3.05, 3.63) is 16.1 Å². The summed E-state index contributed by atoms with van der Waals surface area (Å²) in [6.07, 6.45) is 2.56. The fourth-order valence-corrected chi connectivity index (χ4v) is 2.54. The van der Waals surface area contributed by atoms with Gasteiger partial charge in [-0.1, -0.05) is 13.8 Å². The number of aromatic nitrogens is 1. The molecule has 1 heterocycles. The van der Waals surface area contributed by atoms with Gasteiger partial charge in [-0.2, -0.15) is 11.8 Å². The van der Waals surface area contributed by atoms with Crippen molar-refractivity contribution in [3.63, 3.8) is 0 Å². The minimum Gasteiger partial charge on any atom is -0.477 e. The second-order valence-electron chi connectivity index (χ2n) is 2.95. The molecule has 0 aliphatic carbocycles. The topological polar surface area (TPSA) is 50.2 Å². The van der Waals surface area contributed by atoms with Crippen LogP contribution in [0.1, 0.15) is 34.9 Å². The van der Waals surface area contributed by atoms with Gasteiger partial charge in [-0.3, -0.25) is 0 Å². The number of hydrogen-bond acceptors (Lipinski definition) is 4. The Kier molecular flexibility index (Phi) is 4.41. The Labute approximate surface area is 91.6 Å². The highest BCUT2D eigenvalue weighted by atomic mass is 32.2. The lowest BCUT2D eigenvalue weighted by atomic mass is 10.4. The first-order valence-electron chi connectivity index (χ1n) is 4.43. The molecular formula is C9H13NO2S2. The van der Waals surface area contributed by atoms with Crippen LogP contribution in [0.25, 0.3) is 0 Å². The lowest BCUT2D eigenvalue weighted by Gasteiger charge is -2.04. The van der Waals surface area contributed by atoms with Crippen LogP contribution in [0.4, 0.5) is 0 Å². The van der Waals surface area contributed by atoms with E-state index in [4.69, 9.17) is 5.11 Å². The van der Waals surface area contributed by atoms with Gasteiger partial charge in [-0.25, -0.2) is 9.78 Å². The van der Waals surface area contributed by atoms with E-state index < -0.39 is 5.97 Å². The van der Waals surface area contributed by atoms with Gasteiger partial charge >= 0.3 is 5.97 Å². The molecule has 0 saturated heterocycles. The maximum absolute atomic E-state index is 10.6. The van der Waals surface area contributed by atoms with Crippen molar-refractivity contribution < 1.29 is 9.90 Å². The molecule has 0 bridgehead atoms. The summed E-state index contributed by atoms with van der Waals surface area (Å²) in [5, 5.41) is 10.2. The molecule has 0 radical (unpaired) electrons. The highest BCUT2D eigenvalue weighted by Crippen LogP contribution is 2.22. The number of rotatable bonds is 5. The first-order valence-corrected chi connectivity index (χ1v) is 6.29. The lowest BCUT2D eigenvalue weighted by Crippen LogP contribution is -1.92. The third kappa shape index (κ3) is 3.31. The van der Waals surface area contributed by atoms with Crippen molar-refractivity contribution in [2.45, 2.75) is 31.3 Å². The number of hydrogen-bond donors (Lipinski definition) is 1. The van der Waals surface area contributed by atoms with E-state index in [1.165, 1.54) is 17.5 Å². The fourth-order valence-electron chi connectivity index (χ4n) is 0.807. The Balaban J connectivity index is 2.48. The van der Waals surface area contributed by atoms with Crippen molar-refractivity contribution in [2.75, 3.05) is 0 Å². The van der Waals surface area contributed by atoms with E-state index in [0.717, 1.165) is 17.2 Å². The summed E-state index contributed by atoms with van der Waals surface area (Å²) in [4.78, 5) is 15.0. The molecule has 14 heavy (non-hydrogen) atoms. The Morgan fingerprint density at radius 3 is 3.00 bits per heavy atom. The molecule has 78 valence electrons. The van der Waals surface area contributed by atoms with Gasteiger partial charge in [0.15, 0.2) is 0 Å². The normalized spacial score (nSPS) is 12.7. The molecule has 1 unspecified atom stereocenters. The number of carboxylic acid groups (broad SMARTS) is 1. The third-order valence-corrected chi connectivity index (χ3v) is 4.34. The van der Waals surface area contributed by atoms with Crippen LogP contribution < -0.4 is 0 Å². The molecule has 3 nitrogen and oxygen atoms in total. The van der Waals surface area contributed by atoms with Crippen molar-refractivity contribution in [3.8, 4) is 0 Å². The van der Waals surface area contributed by atoms with Gasteiger partial charge in [-0.15, -0.1) is 11.3 Å². The summed E-state index contributed by atoms with van der Waals surface area (Å²) in [7, 11) is 0. The van der Waals surface area contributed by atoms with E-state index in [-0.39, 0.29) is 0 Å². The van der Waals surface area contributed by atoms with Crippen LogP contribution in [0.2, 0.25) is 0 Å². The molecule has 0 aliphatic rings. The predicted octanol–water partition coefficient (Wildman–Crippen LogP) is 2.87. The van der Waals surface area contributed by atoms with Crippen LogP contribution in [0.15, 0.2) is 6.20 Å². The van der Waals surface area contributed by atoms with Gasteiger partial charge < -0.3 is 5.11 Å². The van der Waals surface area contributed by atoms with Crippen LogP contribution in [0, 0.1) is 0 Å². The van der Waals surface area contributed by atoms with Crippen LogP contribution in [0.3, 0.4) is 0 Å². The molecule has 0 amide bonds. The minimum atomic E-state index is -0.887. The Hall–Kier alpha value is -0.550. The monoisotopic (exact) mass is 231 g/mol. The standard InChI is InChI=1S/C9H13NO2S2/c1-3-6(2)13-5-8-10-4-7(14-8)9(11)12/h4,6H,3,5H2,1-2H3,(H,11,12). The Morgan fingerprint density at radius 2 is 2.50 bits per heavy atom. The number of thiazole rings is 1. The summed E-state index contributed by atoms with van der Waals surface area (Å²) in [5.41, 5.74) is 0. The second kappa shape index (κ2) is 5.36. The van der Waals surface area contributed by atoms with Gasteiger partial charge in [0.2, 0.25) is 0 Å². The highest BCUT2D eigenvalue weighted by Gasteiger charge is 2.09. The smallest absolute Gasteiger partial charge is 0.347 e. The van der Waals surface area contributed by atoms with E-state index in [1.54, 1.807) is 0 Å². The minimum absolute atomic E-state index is 0.324. The third-order valence-electron chi connectivity index (χ3n) is 1.83. The van der Waals surface area contributed by atoms with Gasteiger partial charge in [-0.05, 0) is 6.42 Å². The lowest BCUT2D eigenvalue weighted by molar-refractivity contribution is 0.0702. The zero-order valence-corrected chi connectivity index (χ0v) is 9.82. The Bertz CT molecular complexity index is 312. The average Bonchev–Trinajstić information content (AvgIpc) is 2.62.